The van der Waals surface area contributed by atoms with Gasteiger partial charge in [-0.3, -0.25) is 9.59 Å². The minimum atomic E-state index is 0. The van der Waals surface area contributed by atoms with Gasteiger partial charge in [-0.15, -0.1) is 24.8 Å². The molecule has 22 heavy (non-hydrogen) atoms. The zero-order chi connectivity index (χ0) is 14.3. The molecular formula is C16H28Cl2N2O2. The van der Waals surface area contributed by atoms with Crippen molar-refractivity contribution in [2.45, 2.75) is 76.5 Å². The molecule has 128 valence electrons. The van der Waals surface area contributed by atoms with Gasteiger partial charge in [0.1, 0.15) is 11.6 Å². The summed E-state index contributed by atoms with van der Waals surface area (Å²) in [6.07, 6.45) is 6.38. The average molecular weight is 351 g/mol. The fourth-order valence-electron chi connectivity index (χ4n) is 4.12. The Morgan fingerprint density at radius 1 is 0.727 bits per heavy atom. The highest BCUT2D eigenvalue weighted by atomic mass is 35.5. The lowest BCUT2D eigenvalue weighted by atomic mass is 9.93. The van der Waals surface area contributed by atoms with Gasteiger partial charge >= 0.3 is 0 Å². The van der Waals surface area contributed by atoms with Crippen molar-refractivity contribution in [3.8, 4) is 0 Å². The van der Waals surface area contributed by atoms with E-state index in [0.717, 1.165) is 12.8 Å². The molecule has 0 radical (unpaired) electrons. The van der Waals surface area contributed by atoms with Gasteiger partial charge in [0, 0.05) is 48.8 Å². The van der Waals surface area contributed by atoms with Crippen LogP contribution in [0.3, 0.4) is 0 Å². The number of piperidine rings is 2. The van der Waals surface area contributed by atoms with Crippen molar-refractivity contribution in [1.29, 1.82) is 0 Å². The van der Waals surface area contributed by atoms with Crippen LogP contribution in [0.5, 0.6) is 0 Å². The molecule has 0 aromatic carbocycles. The summed E-state index contributed by atoms with van der Waals surface area (Å²) in [6, 6.07) is 2.06. The van der Waals surface area contributed by atoms with Gasteiger partial charge in [-0.25, -0.2) is 0 Å². The molecule has 0 spiro atoms. The second-order valence-corrected chi connectivity index (χ2v) is 7.01. The van der Waals surface area contributed by atoms with Crippen LogP contribution in [0.4, 0.5) is 0 Å². The Morgan fingerprint density at radius 2 is 1.09 bits per heavy atom. The summed E-state index contributed by atoms with van der Waals surface area (Å²) in [7, 11) is 0. The molecule has 6 atom stereocenters. The fourth-order valence-corrected chi connectivity index (χ4v) is 4.12. The predicted molar refractivity (Wildman–Crippen MR) is 92.0 cm³/mol. The largest absolute Gasteiger partial charge is 0.310 e. The number of Topliss-reactive ketones (excluding diaryl/α,β-unsaturated/α-hetero) is 2. The first-order valence-electron chi connectivity index (χ1n) is 8.12. The van der Waals surface area contributed by atoms with E-state index in [-0.39, 0.29) is 36.6 Å². The maximum atomic E-state index is 11.2. The number of hydrogen-bond donors (Lipinski definition) is 2. The lowest BCUT2D eigenvalue weighted by molar-refractivity contribution is -0.125. The number of hydrogen-bond acceptors (Lipinski definition) is 4. The molecule has 0 aliphatic carbocycles. The zero-order valence-electron chi connectivity index (χ0n) is 13.3. The summed E-state index contributed by atoms with van der Waals surface area (Å²) < 4.78 is 0. The normalized spacial score (nSPS) is 41.9. The highest BCUT2D eigenvalue weighted by molar-refractivity contribution is 5.85. The van der Waals surface area contributed by atoms with Crippen LogP contribution in [-0.4, -0.2) is 35.7 Å². The van der Waals surface area contributed by atoms with Crippen molar-refractivity contribution in [3.05, 3.63) is 0 Å². The average Bonchev–Trinajstić information content (AvgIpc) is 3.01. The molecular weight excluding hydrogens is 323 g/mol. The Bertz CT molecular complexity index is 381. The molecule has 4 nitrogen and oxygen atoms in total. The van der Waals surface area contributed by atoms with E-state index in [1.54, 1.807) is 0 Å². The van der Waals surface area contributed by atoms with Crippen LogP contribution in [0.2, 0.25) is 0 Å². The summed E-state index contributed by atoms with van der Waals surface area (Å²) >= 11 is 0. The standard InChI is InChI=1S/2C8H13NO.2ClH/c2*1-5-7-3-2-6(9-7)4-8(5)10;;/h2*5-7,9H,2-4H2,1H3;2*1H/t2*5-,6-,7+;;/m10../s1. The van der Waals surface area contributed by atoms with Crippen molar-refractivity contribution in [2.75, 3.05) is 0 Å². The van der Waals surface area contributed by atoms with Crippen LogP contribution in [-0.2, 0) is 9.59 Å². The van der Waals surface area contributed by atoms with Crippen molar-refractivity contribution >= 4 is 36.4 Å². The Morgan fingerprint density at radius 3 is 1.45 bits per heavy atom. The molecule has 4 saturated heterocycles. The number of fused-ring (bicyclic) bond motifs is 4. The van der Waals surface area contributed by atoms with Crippen LogP contribution in [0, 0.1) is 11.8 Å². The monoisotopic (exact) mass is 350 g/mol. The van der Waals surface area contributed by atoms with Gasteiger partial charge in [0.15, 0.2) is 0 Å². The maximum Gasteiger partial charge on any atom is 0.138 e. The van der Waals surface area contributed by atoms with Crippen LogP contribution >= 0.6 is 24.8 Å². The predicted octanol–water partition coefficient (Wildman–Crippen LogP) is 2.28. The van der Waals surface area contributed by atoms with E-state index >= 15 is 0 Å². The minimum Gasteiger partial charge on any atom is -0.310 e. The van der Waals surface area contributed by atoms with Gasteiger partial charge < -0.3 is 10.6 Å². The van der Waals surface area contributed by atoms with Crippen LogP contribution in [0.25, 0.3) is 0 Å². The second-order valence-electron chi connectivity index (χ2n) is 7.01. The molecule has 4 heterocycles. The molecule has 4 aliphatic rings. The van der Waals surface area contributed by atoms with Crippen molar-refractivity contribution < 1.29 is 9.59 Å². The van der Waals surface area contributed by atoms with Crippen LogP contribution in [0.1, 0.15) is 52.4 Å². The Hall–Kier alpha value is -0.160. The second kappa shape index (κ2) is 8.09. The molecule has 0 aromatic rings. The number of carbonyl (C=O) groups is 2. The third kappa shape index (κ3) is 4.02. The van der Waals surface area contributed by atoms with E-state index in [1.165, 1.54) is 25.7 Å². The van der Waals surface area contributed by atoms with E-state index in [2.05, 4.69) is 10.6 Å². The van der Waals surface area contributed by atoms with Gasteiger partial charge in [0.25, 0.3) is 0 Å². The highest BCUT2D eigenvalue weighted by Gasteiger charge is 2.38. The molecule has 4 fully saturated rings. The molecule has 4 aliphatic heterocycles. The van der Waals surface area contributed by atoms with Gasteiger partial charge in [-0.1, -0.05) is 13.8 Å². The molecule has 0 aromatic heterocycles. The molecule has 2 N–H and O–H groups in total. The Labute approximate surface area is 145 Å². The van der Waals surface area contributed by atoms with E-state index in [4.69, 9.17) is 0 Å². The third-order valence-electron chi connectivity index (χ3n) is 5.67. The number of nitrogens with one attached hydrogen (secondary N) is 2. The molecule has 0 amide bonds. The lowest BCUT2D eigenvalue weighted by Crippen LogP contribution is -2.44. The minimum absolute atomic E-state index is 0. The molecule has 4 bridgehead atoms. The lowest BCUT2D eigenvalue weighted by Gasteiger charge is -2.25. The molecule has 6 heteroatoms. The fraction of sp³-hybridized carbons (Fsp3) is 0.875. The van der Waals surface area contributed by atoms with Gasteiger partial charge in [0.05, 0.1) is 0 Å². The first-order chi connectivity index (χ1) is 9.54. The Balaban J connectivity index is 0.000000202. The van der Waals surface area contributed by atoms with Crippen molar-refractivity contribution in [1.82, 2.24) is 10.6 Å². The number of halogens is 2. The topological polar surface area (TPSA) is 58.2 Å². The summed E-state index contributed by atoms with van der Waals surface area (Å²) in [4.78, 5) is 22.4. The van der Waals surface area contributed by atoms with E-state index in [1.807, 2.05) is 13.8 Å². The maximum absolute atomic E-state index is 11.2. The van der Waals surface area contributed by atoms with Gasteiger partial charge in [-0.05, 0) is 25.7 Å². The van der Waals surface area contributed by atoms with Gasteiger partial charge in [-0.2, -0.15) is 0 Å². The van der Waals surface area contributed by atoms with Gasteiger partial charge in [0.2, 0.25) is 0 Å². The number of rotatable bonds is 0. The zero-order valence-corrected chi connectivity index (χ0v) is 15.0. The summed E-state index contributed by atoms with van der Waals surface area (Å²) in [5.41, 5.74) is 0. The van der Waals surface area contributed by atoms with Crippen molar-refractivity contribution in [2.24, 2.45) is 11.8 Å². The van der Waals surface area contributed by atoms with Crippen LogP contribution < -0.4 is 10.6 Å². The quantitative estimate of drug-likeness (QED) is 0.703. The summed E-state index contributed by atoms with van der Waals surface area (Å²) in [5.74, 6) is 1.48. The van der Waals surface area contributed by atoms with E-state index in [0.29, 0.717) is 35.7 Å². The molecule has 4 rings (SSSR count). The summed E-state index contributed by atoms with van der Waals surface area (Å²) in [5, 5.41) is 6.90. The Kier molecular flexibility index (Phi) is 7.31. The number of carbonyl (C=O) groups excluding carboxylic acids is 2. The van der Waals surface area contributed by atoms with Crippen molar-refractivity contribution in [3.63, 3.8) is 0 Å². The SMILES string of the molecule is C[C@@H]1C(=O)C[C@@H]2CC[C@H]1N2.C[C@H]1C(=O)C[C@H]2CC[C@@H]1N2.Cl.Cl. The van der Waals surface area contributed by atoms with E-state index < -0.39 is 0 Å². The first kappa shape index (κ1) is 19.9. The summed E-state index contributed by atoms with van der Waals surface area (Å²) in [6.45, 7) is 4.09. The first-order valence-corrected chi connectivity index (χ1v) is 8.12. The smallest absolute Gasteiger partial charge is 0.138 e. The molecule has 0 saturated carbocycles. The van der Waals surface area contributed by atoms with E-state index in [9.17, 15) is 9.59 Å². The highest BCUT2D eigenvalue weighted by Crippen LogP contribution is 2.29. The molecule has 0 unspecified atom stereocenters. The van der Waals surface area contributed by atoms with Crippen LogP contribution in [0.15, 0.2) is 0 Å². The number of ketones is 2. The third-order valence-corrected chi connectivity index (χ3v) is 5.67.